The van der Waals surface area contributed by atoms with Gasteiger partial charge in [0.2, 0.25) is 0 Å². The molecule has 0 radical (unpaired) electrons. The summed E-state index contributed by atoms with van der Waals surface area (Å²) in [6.45, 7) is 3.18. The van der Waals surface area contributed by atoms with Gasteiger partial charge in [0, 0.05) is 29.1 Å². The number of nitrogens with one attached hydrogen (secondary N) is 1. The highest BCUT2D eigenvalue weighted by molar-refractivity contribution is 5.85. The van der Waals surface area contributed by atoms with Crippen molar-refractivity contribution in [3.63, 3.8) is 0 Å². The van der Waals surface area contributed by atoms with E-state index in [9.17, 15) is 4.79 Å². The van der Waals surface area contributed by atoms with E-state index in [0.717, 1.165) is 24.1 Å². The molecule has 1 unspecified atom stereocenters. The lowest BCUT2D eigenvalue weighted by molar-refractivity contribution is 0.0787. The number of carbonyl (C=O) groups excluding carboxylic acids is 1. The summed E-state index contributed by atoms with van der Waals surface area (Å²) in [5.74, 6) is 0.0832. The van der Waals surface area contributed by atoms with E-state index in [1.807, 2.05) is 4.90 Å². The second kappa shape index (κ2) is 7.56. The Morgan fingerprint density at radius 1 is 0.969 bits per heavy atom. The molecule has 4 aromatic rings. The maximum Gasteiger partial charge on any atom is 0.410 e. The lowest BCUT2D eigenvalue weighted by Crippen LogP contribution is -2.40. The first-order chi connectivity index (χ1) is 15.8. The zero-order valence-electron chi connectivity index (χ0n) is 18.2. The van der Waals surface area contributed by atoms with Crippen molar-refractivity contribution < 1.29 is 9.53 Å². The fraction of sp³-hybridized carbons (Fsp3) is 0.250. The molecular weight excluding hydrogens is 396 g/mol. The molecule has 6 rings (SSSR count). The molecule has 1 aliphatic heterocycles. The topological polar surface area (TPSA) is 45.3 Å². The van der Waals surface area contributed by atoms with Crippen LogP contribution in [0.25, 0.3) is 22.0 Å². The number of aromatic amines is 1. The van der Waals surface area contributed by atoms with E-state index in [0.29, 0.717) is 13.2 Å². The zero-order chi connectivity index (χ0) is 21.7. The van der Waals surface area contributed by atoms with Crippen LogP contribution in [0.15, 0.2) is 72.8 Å². The highest BCUT2D eigenvalue weighted by atomic mass is 16.6. The van der Waals surface area contributed by atoms with Crippen LogP contribution in [0.5, 0.6) is 0 Å². The van der Waals surface area contributed by atoms with E-state index in [1.165, 1.54) is 33.2 Å². The van der Waals surface area contributed by atoms with E-state index in [4.69, 9.17) is 4.74 Å². The molecule has 2 heterocycles. The number of amides is 1. The Hall–Kier alpha value is -3.53. The first kappa shape index (κ1) is 19.2. The second-order valence-electron chi connectivity index (χ2n) is 8.73. The number of rotatable bonds is 3. The van der Waals surface area contributed by atoms with Crippen LogP contribution in [-0.4, -0.2) is 29.1 Å². The summed E-state index contributed by atoms with van der Waals surface area (Å²) in [5.41, 5.74) is 8.62. The van der Waals surface area contributed by atoms with Gasteiger partial charge in [-0.3, -0.25) is 4.90 Å². The van der Waals surface area contributed by atoms with E-state index in [1.54, 1.807) is 0 Å². The minimum absolute atomic E-state index is 0.0156. The molecule has 1 aliphatic carbocycles. The summed E-state index contributed by atoms with van der Waals surface area (Å²) in [6, 6.07) is 25.3. The largest absolute Gasteiger partial charge is 0.448 e. The Morgan fingerprint density at radius 3 is 2.34 bits per heavy atom. The van der Waals surface area contributed by atoms with Crippen molar-refractivity contribution in [3.8, 4) is 11.1 Å². The van der Waals surface area contributed by atoms with E-state index in [-0.39, 0.29) is 18.1 Å². The standard InChI is InChI=1S/C28H26N2O2/c1-2-26-27-23(22-13-7-8-14-25(22)29-27)15-16-30(26)28(31)32-17-24-20-11-5-3-9-18(20)19-10-4-6-12-21(19)24/h3-14,24,26,29H,2,15-17H2,1H3. The predicted molar refractivity (Wildman–Crippen MR) is 127 cm³/mol. The number of H-pyrrole nitrogens is 1. The van der Waals surface area contributed by atoms with Crippen LogP contribution in [0, 0.1) is 0 Å². The number of aromatic nitrogens is 1. The van der Waals surface area contributed by atoms with Crippen molar-refractivity contribution in [2.45, 2.75) is 31.7 Å². The molecule has 0 spiro atoms. The van der Waals surface area contributed by atoms with Crippen molar-refractivity contribution in [1.82, 2.24) is 9.88 Å². The number of hydrogen-bond acceptors (Lipinski definition) is 2. The number of benzene rings is 3. The van der Waals surface area contributed by atoms with Crippen LogP contribution in [0.4, 0.5) is 4.79 Å². The number of fused-ring (bicyclic) bond motifs is 6. The van der Waals surface area contributed by atoms with Crippen LogP contribution in [0.2, 0.25) is 0 Å². The number of hydrogen-bond donors (Lipinski definition) is 1. The Bertz CT molecular complexity index is 1280. The van der Waals surface area contributed by atoms with Crippen molar-refractivity contribution in [3.05, 3.63) is 95.2 Å². The van der Waals surface area contributed by atoms with Gasteiger partial charge in [-0.2, -0.15) is 0 Å². The Labute approximate surface area is 187 Å². The molecule has 4 heteroatoms. The lowest BCUT2D eigenvalue weighted by Gasteiger charge is -2.34. The summed E-state index contributed by atoms with van der Waals surface area (Å²) in [4.78, 5) is 18.7. The van der Waals surface area contributed by atoms with Crippen molar-refractivity contribution in [1.29, 1.82) is 0 Å². The second-order valence-corrected chi connectivity index (χ2v) is 8.73. The first-order valence-electron chi connectivity index (χ1n) is 11.5. The van der Waals surface area contributed by atoms with Crippen LogP contribution >= 0.6 is 0 Å². The van der Waals surface area contributed by atoms with Gasteiger partial charge in [0.05, 0.1) is 6.04 Å². The van der Waals surface area contributed by atoms with Gasteiger partial charge in [0.1, 0.15) is 6.61 Å². The number of carbonyl (C=O) groups is 1. The normalized spacial score (nSPS) is 17.2. The molecule has 0 saturated carbocycles. The number of nitrogens with zero attached hydrogens (tertiary/aromatic N) is 1. The number of ether oxygens (including phenoxy) is 1. The molecule has 1 aromatic heterocycles. The average Bonchev–Trinajstić information content (AvgIpc) is 3.38. The zero-order valence-corrected chi connectivity index (χ0v) is 18.2. The third-order valence-electron chi connectivity index (χ3n) is 7.12. The molecule has 1 atom stereocenters. The number of para-hydroxylation sites is 1. The fourth-order valence-electron chi connectivity index (χ4n) is 5.64. The molecule has 32 heavy (non-hydrogen) atoms. The maximum atomic E-state index is 13.3. The van der Waals surface area contributed by atoms with Crippen LogP contribution in [0.1, 0.15) is 47.7 Å². The van der Waals surface area contributed by atoms with Gasteiger partial charge >= 0.3 is 6.09 Å². The van der Waals surface area contributed by atoms with E-state index in [2.05, 4.69) is 84.7 Å². The fourth-order valence-corrected chi connectivity index (χ4v) is 5.64. The molecule has 0 bridgehead atoms. The average molecular weight is 423 g/mol. The van der Waals surface area contributed by atoms with Crippen LogP contribution in [-0.2, 0) is 11.2 Å². The van der Waals surface area contributed by atoms with Gasteiger partial charge < -0.3 is 9.72 Å². The van der Waals surface area contributed by atoms with Gasteiger partial charge in [-0.05, 0) is 46.7 Å². The van der Waals surface area contributed by atoms with E-state index >= 15 is 0 Å². The molecule has 4 nitrogen and oxygen atoms in total. The van der Waals surface area contributed by atoms with Gasteiger partial charge in [-0.1, -0.05) is 73.7 Å². The van der Waals surface area contributed by atoms with Gasteiger partial charge in [-0.15, -0.1) is 0 Å². The van der Waals surface area contributed by atoms with Gasteiger partial charge in [0.25, 0.3) is 0 Å². The molecule has 160 valence electrons. The minimum Gasteiger partial charge on any atom is -0.448 e. The van der Waals surface area contributed by atoms with Crippen LogP contribution in [0.3, 0.4) is 0 Å². The lowest BCUT2D eigenvalue weighted by atomic mass is 9.96. The van der Waals surface area contributed by atoms with E-state index < -0.39 is 0 Å². The third-order valence-corrected chi connectivity index (χ3v) is 7.12. The molecule has 1 N–H and O–H groups in total. The third kappa shape index (κ3) is 2.86. The first-order valence-corrected chi connectivity index (χ1v) is 11.5. The summed E-state index contributed by atoms with van der Waals surface area (Å²) >= 11 is 0. The molecular formula is C28H26N2O2. The minimum atomic E-state index is -0.219. The Kier molecular flexibility index (Phi) is 4.53. The quantitative estimate of drug-likeness (QED) is 0.414. The highest BCUT2D eigenvalue weighted by Gasteiger charge is 2.34. The molecule has 2 aliphatic rings. The predicted octanol–water partition coefficient (Wildman–Crippen LogP) is 6.43. The van der Waals surface area contributed by atoms with Crippen molar-refractivity contribution >= 4 is 17.0 Å². The smallest absolute Gasteiger partial charge is 0.410 e. The maximum absolute atomic E-state index is 13.3. The molecule has 3 aromatic carbocycles. The van der Waals surface area contributed by atoms with Crippen molar-refractivity contribution in [2.75, 3.05) is 13.2 Å². The summed E-state index contributed by atoms with van der Waals surface area (Å²) in [7, 11) is 0. The summed E-state index contributed by atoms with van der Waals surface area (Å²) in [6.07, 6.45) is 1.48. The monoisotopic (exact) mass is 422 g/mol. The highest BCUT2D eigenvalue weighted by Crippen LogP contribution is 2.45. The van der Waals surface area contributed by atoms with Gasteiger partial charge in [0.15, 0.2) is 0 Å². The molecule has 0 saturated heterocycles. The SMILES string of the molecule is CCC1c2[nH]c3ccccc3c2CCN1C(=O)OCC1c2ccccc2-c2ccccc21. The van der Waals surface area contributed by atoms with Gasteiger partial charge in [-0.25, -0.2) is 4.79 Å². The Morgan fingerprint density at radius 2 is 1.62 bits per heavy atom. The molecule has 0 fully saturated rings. The van der Waals surface area contributed by atoms with Crippen LogP contribution < -0.4 is 0 Å². The summed E-state index contributed by atoms with van der Waals surface area (Å²) in [5, 5.41) is 1.27. The summed E-state index contributed by atoms with van der Waals surface area (Å²) < 4.78 is 5.97. The molecule has 1 amide bonds. The van der Waals surface area contributed by atoms with Crippen molar-refractivity contribution in [2.24, 2.45) is 0 Å². The Balaban J connectivity index is 1.25.